The quantitative estimate of drug-likeness (QED) is 0.756. The first-order valence-corrected chi connectivity index (χ1v) is 10.1. The molecule has 1 aliphatic heterocycles. The van der Waals surface area contributed by atoms with Gasteiger partial charge < -0.3 is 5.32 Å². The monoisotopic (exact) mass is 416 g/mol. The van der Waals surface area contributed by atoms with Crippen LogP contribution in [-0.2, 0) is 22.6 Å². The van der Waals surface area contributed by atoms with Crippen molar-refractivity contribution in [2.45, 2.75) is 37.6 Å². The minimum Gasteiger partial charge on any atom is -0.343 e. The summed E-state index contributed by atoms with van der Waals surface area (Å²) in [6.45, 7) is 4.03. The van der Waals surface area contributed by atoms with Crippen LogP contribution in [0.25, 0.3) is 0 Å². The molecule has 0 bridgehead atoms. The molecule has 1 saturated heterocycles. The average molecular weight is 417 g/mol. The number of nitrogens with zero attached hydrogens (tertiary/aromatic N) is 1. The lowest BCUT2D eigenvalue weighted by atomic mass is 10.00. The van der Waals surface area contributed by atoms with Gasteiger partial charge in [0.25, 0.3) is 5.91 Å². The van der Waals surface area contributed by atoms with Gasteiger partial charge in [0.05, 0.1) is 13.0 Å². The molecule has 0 aliphatic carbocycles. The molecule has 1 atom stereocenters. The molecule has 0 aromatic heterocycles. The van der Waals surface area contributed by atoms with Crippen molar-refractivity contribution in [2.24, 2.45) is 0 Å². The predicted molar refractivity (Wildman–Crippen MR) is 113 cm³/mol. The van der Waals surface area contributed by atoms with Crippen LogP contribution in [-0.4, -0.2) is 31.8 Å². The number of hydrogen-bond acceptors (Lipinski definition) is 4. The maximum Gasteiger partial charge on any atom is 0.252 e. The summed E-state index contributed by atoms with van der Waals surface area (Å²) in [6.07, 6.45) is 0.202. The van der Waals surface area contributed by atoms with Gasteiger partial charge in [-0.15, -0.1) is 0 Å². The van der Waals surface area contributed by atoms with Gasteiger partial charge in [0, 0.05) is 4.75 Å². The van der Waals surface area contributed by atoms with E-state index >= 15 is 0 Å². The van der Waals surface area contributed by atoms with Crippen molar-refractivity contribution in [3.8, 4) is 0 Å². The zero-order chi connectivity index (χ0) is 20.3. The number of nitrogens with one attached hydrogen (secondary N) is 1. The Bertz CT molecular complexity index is 885. The van der Waals surface area contributed by atoms with E-state index in [0.29, 0.717) is 4.32 Å². The maximum absolute atomic E-state index is 13.1. The average Bonchev–Trinajstić information content (AvgIpc) is 2.64. The van der Waals surface area contributed by atoms with Crippen LogP contribution in [0.4, 0.5) is 4.39 Å². The van der Waals surface area contributed by atoms with Crippen molar-refractivity contribution in [3.05, 3.63) is 71.5 Å². The van der Waals surface area contributed by atoms with Crippen molar-refractivity contribution < 1.29 is 14.0 Å². The molecular weight excluding hydrogens is 395 g/mol. The molecule has 2 amide bonds. The van der Waals surface area contributed by atoms with Crippen LogP contribution >= 0.6 is 24.0 Å². The SMILES string of the molecule is CC1(C)SC(=S)N(Cc2ccc(F)cc2)C(=O)C1NC(=O)Cc1ccccc1. The highest BCUT2D eigenvalue weighted by atomic mass is 32.2. The third kappa shape index (κ3) is 4.77. The highest BCUT2D eigenvalue weighted by Gasteiger charge is 2.46. The zero-order valence-electron chi connectivity index (χ0n) is 15.6. The third-order valence-electron chi connectivity index (χ3n) is 4.55. The number of rotatable bonds is 5. The number of thioether (sulfide) groups is 1. The standard InChI is InChI=1S/C21H21FN2O2S2/c1-21(2)18(23-17(25)12-14-6-4-3-5-7-14)19(26)24(20(27)28-21)13-15-8-10-16(22)11-9-15/h3-11,18H,12-13H2,1-2H3,(H,23,25). The van der Waals surface area contributed by atoms with Gasteiger partial charge >= 0.3 is 0 Å². The molecule has 0 radical (unpaired) electrons. The Labute approximate surface area is 173 Å². The molecule has 0 saturated carbocycles. The van der Waals surface area contributed by atoms with E-state index in [4.69, 9.17) is 12.2 Å². The molecule has 2 aromatic carbocycles. The molecule has 2 aromatic rings. The molecule has 1 heterocycles. The lowest BCUT2D eigenvalue weighted by Gasteiger charge is -2.42. The predicted octanol–water partition coefficient (Wildman–Crippen LogP) is 3.69. The molecule has 1 fully saturated rings. The van der Waals surface area contributed by atoms with Gasteiger partial charge in [-0.3, -0.25) is 14.5 Å². The first kappa shape index (κ1) is 20.5. The van der Waals surface area contributed by atoms with Crippen LogP contribution < -0.4 is 5.32 Å². The normalized spacial score (nSPS) is 18.8. The molecular formula is C21H21FN2O2S2. The molecule has 3 rings (SSSR count). The summed E-state index contributed by atoms with van der Waals surface area (Å²) in [5.74, 6) is -0.801. The summed E-state index contributed by atoms with van der Waals surface area (Å²) in [6, 6.07) is 14.6. The van der Waals surface area contributed by atoms with Crippen molar-refractivity contribution >= 4 is 40.1 Å². The van der Waals surface area contributed by atoms with E-state index in [1.165, 1.54) is 28.8 Å². The summed E-state index contributed by atoms with van der Waals surface area (Å²) in [5.41, 5.74) is 1.65. The summed E-state index contributed by atoms with van der Waals surface area (Å²) in [4.78, 5) is 27.2. The Balaban J connectivity index is 1.74. The van der Waals surface area contributed by atoms with Crippen LogP contribution in [0, 0.1) is 5.82 Å². The van der Waals surface area contributed by atoms with Crippen molar-refractivity contribution in [3.63, 3.8) is 0 Å². The largest absolute Gasteiger partial charge is 0.343 e. The van der Waals surface area contributed by atoms with Gasteiger partial charge in [-0.2, -0.15) is 0 Å². The Kier molecular flexibility index (Phi) is 6.15. The summed E-state index contributed by atoms with van der Waals surface area (Å²) in [7, 11) is 0. The van der Waals surface area contributed by atoms with Crippen LogP contribution in [0.5, 0.6) is 0 Å². The first-order valence-electron chi connectivity index (χ1n) is 8.88. The van der Waals surface area contributed by atoms with E-state index in [-0.39, 0.29) is 30.6 Å². The van der Waals surface area contributed by atoms with Crippen LogP contribution in [0.15, 0.2) is 54.6 Å². The number of carbonyl (C=O) groups is 2. The molecule has 146 valence electrons. The van der Waals surface area contributed by atoms with Crippen molar-refractivity contribution in [2.75, 3.05) is 0 Å². The van der Waals surface area contributed by atoms with Gasteiger partial charge in [0.2, 0.25) is 5.91 Å². The minimum absolute atomic E-state index is 0.202. The Morgan fingerprint density at radius 1 is 1.14 bits per heavy atom. The smallest absolute Gasteiger partial charge is 0.252 e. The summed E-state index contributed by atoms with van der Waals surface area (Å²) < 4.78 is 13.0. The van der Waals surface area contributed by atoms with Crippen molar-refractivity contribution in [1.82, 2.24) is 10.2 Å². The fraction of sp³-hybridized carbons (Fsp3) is 0.286. The second-order valence-corrected chi connectivity index (χ2v) is 9.47. The second kappa shape index (κ2) is 8.41. The van der Waals surface area contributed by atoms with E-state index in [0.717, 1.165) is 11.1 Å². The molecule has 0 spiro atoms. The number of thiocarbonyl (C=S) groups is 1. The molecule has 4 nitrogen and oxygen atoms in total. The Hall–Kier alpha value is -2.25. The summed E-state index contributed by atoms with van der Waals surface area (Å²) >= 11 is 6.81. The minimum atomic E-state index is -0.708. The highest BCUT2D eigenvalue weighted by molar-refractivity contribution is 8.24. The van der Waals surface area contributed by atoms with Gasteiger partial charge in [0.15, 0.2) is 0 Å². The fourth-order valence-corrected chi connectivity index (χ4v) is 4.82. The molecule has 28 heavy (non-hydrogen) atoms. The summed E-state index contributed by atoms with van der Waals surface area (Å²) in [5, 5.41) is 2.88. The fourth-order valence-electron chi connectivity index (χ4n) is 3.03. The van der Waals surface area contributed by atoms with Gasteiger partial charge in [-0.1, -0.05) is 66.4 Å². The lowest BCUT2D eigenvalue weighted by molar-refractivity contribution is -0.134. The van der Waals surface area contributed by atoms with E-state index in [1.54, 1.807) is 12.1 Å². The topological polar surface area (TPSA) is 49.4 Å². The highest BCUT2D eigenvalue weighted by Crippen LogP contribution is 2.37. The molecule has 1 unspecified atom stereocenters. The molecule has 7 heteroatoms. The van der Waals surface area contributed by atoms with Crippen molar-refractivity contribution in [1.29, 1.82) is 0 Å². The zero-order valence-corrected chi connectivity index (χ0v) is 17.3. The van der Waals surface area contributed by atoms with Gasteiger partial charge in [0.1, 0.15) is 16.2 Å². The maximum atomic E-state index is 13.1. The van der Waals surface area contributed by atoms with E-state index in [9.17, 15) is 14.0 Å². The van der Waals surface area contributed by atoms with E-state index in [2.05, 4.69) is 5.32 Å². The first-order chi connectivity index (χ1) is 13.3. The van der Waals surface area contributed by atoms with E-state index in [1.807, 2.05) is 44.2 Å². The van der Waals surface area contributed by atoms with Crippen LogP contribution in [0.3, 0.4) is 0 Å². The Morgan fingerprint density at radius 2 is 1.79 bits per heavy atom. The number of hydrogen-bond donors (Lipinski definition) is 1. The van der Waals surface area contributed by atoms with E-state index < -0.39 is 10.8 Å². The number of benzene rings is 2. The lowest BCUT2D eigenvalue weighted by Crippen LogP contribution is -2.62. The van der Waals surface area contributed by atoms with Gasteiger partial charge in [-0.25, -0.2) is 4.39 Å². The third-order valence-corrected chi connectivity index (χ3v) is 6.17. The molecule has 1 aliphatic rings. The molecule has 1 N–H and O–H groups in total. The van der Waals surface area contributed by atoms with Crippen LogP contribution in [0.2, 0.25) is 0 Å². The number of amides is 2. The second-order valence-electron chi connectivity index (χ2n) is 7.19. The number of carbonyl (C=O) groups excluding carboxylic acids is 2. The Morgan fingerprint density at radius 3 is 2.43 bits per heavy atom. The number of halogens is 1. The van der Waals surface area contributed by atoms with Crippen LogP contribution in [0.1, 0.15) is 25.0 Å². The van der Waals surface area contributed by atoms with Gasteiger partial charge in [-0.05, 0) is 37.1 Å².